The van der Waals surface area contributed by atoms with E-state index in [9.17, 15) is 5.21 Å². The zero-order chi connectivity index (χ0) is 21.3. The number of anilines is 1. The highest BCUT2D eigenvalue weighted by atomic mass is 16.5. The molecule has 4 heteroatoms. The molecule has 3 aromatic carbocycles. The van der Waals surface area contributed by atoms with Gasteiger partial charge in [-0.1, -0.05) is 54.6 Å². The smallest absolute Gasteiger partial charge is 0.144 e. The maximum atomic E-state index is 10.9. The summed E-state index contributed by atoms with van der Waals surface area (Å²) >= 11 is 0. The number of methoxy groups -OCH3 is 2. The fourth-order valence-corrected chi connectivity index (χ4v) is 5.37. The Labute approximate surface area is 177 Å². The minimum absolute atomic E-state index is 0.434. The van der Waals surface area contributed by atoms with Crippen molar-refractivity contribution in [3.05, 3.63) is 100 Å². The summed E-state index contributed by atoms with van der Waals surface area (Å²) in [4.78, 5) is 0. The van der Waals surface area contributed by atoms with E-state index in [4.69, 9.17) is 9.47 Å². The molecule has 1 N–H and O–H groups in total. The minimum Gasteiger partial charge on any atom is -0.364 e. The van der Waals surface area contributed by atoms with Crippen LogP contribution in [0, 0.1) is 0 Å². The van der Waals surface area contributed by atoms with Crippen LogP contribution in [0.4, 0.5) is 5.69 Å². The highest BCUT2D eigenvalue weighted by Crippen LogP contribution is 2.62. The van der Waals surface area contributed by atoms with E-state index < -0.39 is 16.7 Å². The van der Waals surface area contributed by atoms with Crippen LogP contribution in [0.15, 0.2) is 66.7 Å². The molecule has 3 aliphatic rings. The first-order valence-electron chi connectivity index (χ1n) is 10.3. The topological polar surface area (TPSA) is 41.9 Å². The Hall–Kier alpha value is -2.66. The molecule has 6 rings (SSSR count). The molecule has 3 aromatic rings. The van der Waals surface area contributed by atoms with Gasteiger partial charge in [-0.15, -0.1) is 0 Å². The van der Waals surface area contributed by atoms with Gasteiger partial charge in [0, 0.05) is 19.8 Å². The van der Waals surface area contributed by atoms with Gasteiger partial charge in [-0.2, -0.15) is 0 Å². The van der Waals surface area contributed by atoms with Crippen molar-refractivity contribution >= 4 is 5.69 Å². The normalized spacial score (nSPS) is 23.5. The number of ether oxygens (including phenoxy) is 2. The van der Waals surface area contributed by atoms with E-state index in [-0.39, 0.29) is 0 Å². The van der Waals surface area contributed by atoms with Crippen LogP contribution in [0.5, 0.6) is 0 Å². The summed E-state index contributed by atoms with van der Waals surface area (Å²) in [6.45, 7) is 5.93. The van der Waals surface area contributed by atoms with Gasteiger partial charge < -0.3 is 9.47 Å². The molecule has 154 valence electrons. The number of hydrogen-bond acceptors (Lipinski definition) is 4. The Morgan fingerprint density at radius 2 is 1.07 bits per heavy atom. The van der Waals surface area contributed by atoms with Gasteiger partial charge in [-0.25, -0.2) is 0 Å². The lowest BCUT2D eigenvalue weighted by Crippen LogP contribution is -2.52. The standard InChI is InChI=1S/C26H27NO3/c1-24(2,3)27(28)17-14-15-22-23(16-17)26(30-5)20-12-8-6-10-18(20)25(22,29-4)19-11-7-9-13-21(19)26/h6-16,28H,1-5H3. The van der Waals surface area contributed by atoms with Crippen LogP contribution in [0.25, 0.3) is 0 Å². The molecule has 0 aromatic heterocycles. The van der Waals surface area contributed by atoms with Crippen LogP contribution < -0.4 is 5.06 Å². The third kappa shape index (κ3) is 2.11. The van der Waals surface area contributed by atoms with E-state index in [0.29, 0.717) is 0 Å². The van der Waals surface area contributed by atoms with Gasteiger partial charge in [-0.05, 0) is 60.7 Å². The van der Waals surface area contributed by atoms with Crippen LogP contribution in [0.2, 0.25) is 0 Å². The van der Waals surface area contributed by atoms with Gasteiger partial charge in [0.15, 0.2) is 0 Å². The van der Waals surface area contributed by atoms with E-state index in [1.54, 1.807) is 14.2 Å². The molecule has 0 unspecified atom stereocenters. The second-order valence-electron chi connectivity index (χ2n) is 9.07. The van der Waals surface area contributed by atoms with Crippen molar-refractivity contribution in [3.63, 3.8) is 0 Å². The average molecular weight is 402 g/mol. The quantitative estimate of drug-likeness (QED) is 0.614. The van der Waals surface area contributed by atoms with Gasteiger partial charge in [0.05, 0.1) is 11.2 Å². The van der Waals surface area contributed by atoms with E-state index in [0.717, 1.165) is 39.1 Å². The molecule has 0 aliphatic heterocycles. The summed E-state index contributed by atoms with van der Waals surface area (Å²) in [6.07, 6.45) is 0. The van der Waals surface area contributed by atoms with Crippen LogP contribution in [-0.2, 0) is 20.7 Å². The minimum atomic E-state index is -0.766. The number of hydroxylamine groups is 1. The largest absolute Gasteiger partial charge is 0.364 e. The number of nitrogens with zero attached hydrogens (tertiary/aromatic N) is 1. The molecule has 0 amide bonds. The molecule has 4 nitrogen and oxygen atoms in total. The summed E-state index contributed by atoms with van der Waals surface area (Å²) < 4.78 is 12.8. The monoisotopic (exact) mass is 401 g/mol. The van der Waals surface area contributed by atoms with Gasteiger partial charge in [-0.3, -0.25) is 10.3 Å². The fraction of sp³-hybridized carbons (Fsp3) is 0.308. The summed E-state index contributed by atoms with van der Waals surface area (Å²) in [7, 11) is 3.53. The van der Waals surface area contributed by atoms with Crippen LogP contribution >= 0.6 is 0 Å². The van der Waals surface area contributed by atoms with Crippen LogP contribution in [0.1, 0.15) is 54.2 Å². The summed E-state index contributed by atoms with van der Waals surface area (Å²) in [6, 6.07) is 22.8. The zero-order valence-corrected chi connectivity index (χ0v) is 18.1. The molecule has 30 heavy (non-hydrogen) atoms. The second kappa shape index (κ2) is 6.17. The van der Waals surface area contributed by atoms with Gasteiger partial charge >= 0.3 is 0 Å². The molecule has 3 aliphatic carbocycles. The maximum absolute atomic E-state index is 10.9. The third-order valence-corrected chi connectivity index (χ3v) is 6.63. The number of benzene rings is 3. The summed E-state index contributed by atoms with van der Waals surface area (Å²) in [5.41, 5.74) is 5.23. The van der Waals surface area contributed by atoms with E-state index in [1.807, 2.05) is 45.0 Å². The van der Waals surface area contributed by atoms with Gasteiger partial charge in [0.25, 0.3) is 0 Å². The zero-order valence-electron chi connectivity index (χ0n) is 18.1. The van der Waals surface area contributed by atoms with Crippen LogP contribution in [0.3, 0.4) is 0 Å². The van der Waals surface area contributed by atoms with Crippen molar-refractivity contribution in [3.8, 4) is 0 Å². The Kier molecular flexibility index (Phi) is 3.97. The lowest BCUT2D eigenvalue weighted by atomic mass is 9.56. The molecule has 0 atom stereocenters. The van der Waals surface area contributed by atoms with E-state index >= 15 is 0 Å². The third-order valence-electron chi connectivity index (χ3n) is 6.63. The first-order chi connectivity index (χ1) is 14.3. The SMILES string of the molecule is COC12c3ccccc3C(OC)(c3ccccc31)c1cc(N(O)C(C)(C)C)ccc12. The molecular formula is C26H27NO3. The molecule has 0 fully saturated rings. The Morgan fingerprint density at radius 1 is 0.667 bits per heavy atom. The average Bonchev–Trinajstić information content (AvgIpc) is 2.77. The molecule has 2 bridgehead atoms. The van der Waals surface area contributed by atoms with Crippen molar-refractivity contribution in [2.45, 2.75) is 37.5 Å². The molecule has 0 saturated heterocycles. The molecule has 0 spiro atoms. The van der Waals surface area contributed by atoms with Gasteiger partial charge in [0.1, 0.15) is 11.2 Å². The Balaban J connectivity index is 1.91. The number of hydrogen-bond donors (Lipinski definition) is 1. The predicted molar refractivity (Wildman–Crippen MR) is 117 cm³/mol. The second-order valence-corrected chi connectivity index (χ2v) is 9.07. The van der Waals surface area contributed by atoms with Crippen molar-refractivity contribution in [1.82, 2.24) is 0 Å². The summed E-state index contributed by atoms with van der Waals surface area (Å²) in [5.74, 6) is 0. The lowest BCUT2D eigenvalue weighted by molar-refractivity contribution is -0.00473. The fourth-order valence-electron chi connectivity index (χ4n) is 5.37. The molecular weight excluding hydrogens is 374 g/mol. The number of rotatable bonds is 3. The first kappa shape index (κ1) is 19.3. The van der Waals surface area contributed by atoms with E-state index in [1.165, 1.54) is 5.06 Å². The Morgan fingerprint density at radius 3 is 1.47 bits per heavy atom. The van der Waals surface area contributed by atoms with E-state index in [2.05, 4.69) is 42.5 Å². The maximum Gasteiger partial charge on any atom is 0.144 e. The molecule has 0 radical (unpaired) electrons. The molecule has 0 heterocycles. The lowest BCUT2D eigenvalue weighted by Gasteiger charge is -2.55. The predicted octanol–water partition coefficient (Wildman–Crippen LogP) is 5.18. The molecule has 0 saturated carbocycles. The Bertz CT molecular complexity index is 1100. The highest BCUT2D eigenvalue weighted by Gasteiger charge is 2.59. The van der Waals surface area contributed by atoms with Crippen molar-refractivity contribution < 1.29 is 14.7 Å². The van der Waals surface area contributed by atoms with Crippen molar-refractivity contribution in [2.75, 3.05) is 19.3 Å². The van der Waals surface area contributed by atoms with Crippen molar-refractivity contribution in [2.24, 2.45) is 0 Å². The van der Waals surface area contributed by atoms with Gasteiger partial charge in [0.2, 0.25) is 0 Å². The summed E-state index contributed by atoms with van der Waals surface area (Å²) in [5, 5.41) is 12.2. The van der Waals surface area contributed by atoms with Crippen LogP contribution in [-0.4, -0.2) is 25.0 Å². The van der Waals surface area contributed by atoms with Crippen molar-refractivity contribution in [1.29, 1.82) is 0 Å². The first-order valence-corrected chi connectivity index (χ1v) is 10.3. The highest BCUT2D eigenvalue weighted by molar-refractivity contribution is 5.74.